The maximum atomic E-state index is 11.1. The summed E-state index contributed by atoms with van der Waals surface area (Å²) in [5.41, 5.74) is 6.91. The van der Waals surface area contributed by atoms with Crippen LogP contribution in [0, 0.1) is 0 Å². The highest BCUT2D eigenvalue weighted by Crippen LogP contribution is 2.32. The minimum atomic E-state index is 0.0229. The Morgan fingerprint density at radius 1 is 0.828 bits per heavy atom. The molecule has 4 aliphatic carbocycles. The Balaban J connectivity index is 1.74. The number of hydrogen-bond acceptors (Lipinski definition) is 3. The molecule has 4 aliphatic rings. The van der Waals surface area contributed by atoms with Crippen LogP contribution in [0.4, 0.5) is 0 Å². The van der Waals surface area contributed by atoms with Crippen LogP contribution in [0.2, 0.25) is 0 Å². The van der Waals surface area contributed by atoms with E-state index in [1.807, 2.05) is 43.3 Å². The fraction of sp³-hybridized carbons (Fsp3) is 0.269. The summed E-state index contributed by atoms with van der Waals surface area (Å²) in [5.74, 6) is 0.685. The van der Waals surface area contributed by atoms with Crippen LogP contribution in [0.25, 0.3) is 0 Å². The predicted molar refractivity (Wildman–Crippen MR) is 118 cm³/mol. The number of hydrogen-bond donors (Lipinski definition) is 2. The average Bonchev–Trinajstić information content (AvgIpc) is 2.71. The molecular formula is C26H27NO2. The Morgan fingerprint density at radius 2 is 1.48 bits per heavy atom. The van der Waals surface area contributed by atoms with E-state index in [9.17, 15) is 10.2 Å². The van der Waals surface area contributed by atoms with Crippen molar-refractivity contribution in [1.29, 1.82) is 0 Å². The molecule has 0 fully saturated rings. The lowest BCUT2D eigenvalue weighted by Crippen LogP contribution is -2.08. The molecule has 0 amide bonds. The van der Waals surface area contributed by atoms with Gasteiger partial charge in [-0.25, -0.2) is 0 Å². The minimum Gasteiger partial charge on any atom is -0.508 e. The highest BCUT2D eigenvalue weighted by atomic mass is 16.3. The molecule has 3 heteroatoms. The fourth-order valence-corrected chi connectivity index (χ4v) is 4.18. The van der Waals surface area contributed by atoms with Crippen LogP contribution >= 0.6 is 0 Å². The molecule has 0 radical (unpaired) electrons. The number of rotatable bonds is 3. The number of benzene rings is 3. The van der Waals surface area contributed by atoms with Gasteiger partial charge in [-0.15, -0.1) is 0 Å². The molecule has 3 aromatic carbocycles. The number of phenols is 2. The van der Waals surface area contributed by atoms with Gasteiger partial charge in [0, 0.05) is 11.3 Å². The van der Waals surface area contributed by atoms with Gasteiger partial charge in [0.15, 0.2) is 0 Å². The predicted octanol–water partition coefficient (Wildman–Crippen LogP) is 5.55. The average molecular weight is 386 g/mol. The van der Waals surface area contributed by atoms with Gasteiger partial charge in [0.1, 0.15) is 11.5 Å². The van der Waals surface area contributed by atoms with Crippen LogP contribution < -0.4 is 0 Å². The lowest BCUT2D eigenvalue weighted by atomic mass is 9.90. The first-order valence-electron chi connectivity index (χ1n) is 10.3. The summed E-state index contributed by atoms with van der Waals surface area (Å²) in [4.78, 5) is 4.92. The van der Waals surface area contributed by atoms with Crippen LogP contribution in [0.3, 0.4) is 0 Å². The number of aromatic hydroxyl groups is 2. The summed E-state index contributed by atoms with van der Waals surface area (Å²) in [5, 5.41) is 21.4. The van der Waals surface area contributed by atoms with Crippen molar-refractivity contribution in [3.63, 3.8) is 0 Å². The number of aryl methyl sites for hydroxylation is 4. The molecule has 3 nitrogen and oxygen atoms in total. The highest BCUT2D eigenvalue weighted by Gasteiger charge is 2.18. The van der Waals surface area contributed by atoms with E-state index in [0.29, 0.717) is 24.3 Å². The van der Waals surface area contributed by atoms with Crippen LogP contribution in [-0.4, -0.2) is 15.9 Å². The second kappa shape index (κ2) is 8.12. The molecule has 3 aromatic rings. The molecule has 0 aromatic heterocycles. The normalized spacial score (nSPS) is 15.0. The Hall–Kier alpha value is -3.07. The molecule has 2 N–H and O–H groups in total. The van der Waals surface area contributed by atoms with Gasteiger partial charge in [-0.2, -0.15) is 0 Å². The summed E-state index contributed by atoms with van der Waals surface area (Å²) in [6.45, 7) is 4.08. The smallest absolute Gasteiger partial charge is 0.128 e. The second-order valence-corrected chi connectivity index (χ2v) is 7.87. The molecule has 1 atom stereocenters. The minimum absolute atomic E-state index is 0.0229. The van der Waals surface area contributed by atoms with Crippen LogP contribution in [-0.2, 0) is 25.7 Å². The van der Waals surface area contributed by atoms with Gasteiger partial charge in [0.25, 0.3) is 0 Å². The summed E-state index contributed by atoms with van der Waals surface area (Å²) < 4.78 is 0. The molecule has 0 spiro atoms. The van der Waals surface area contributed by atoms with E-state index in [1.165, 1.54) is 0 Å². The van der Waals surface area contributed by atoms with E-state index < -0.39 is 0 Å². The summed E-state index contributed by atoms with van der Waals surface area (Å²) in [7, 11) is 0. The van der Waals surface area contributed by atoms with Crippen molar-refractivity contribution in [3.05, 3.63) is 94.0 Å². The second-order valence-electron chi connectivity index (χ2n) is 7.87. The van der Waals surface area contributed by atoms with Gasteiger partial charge in [0.2, 0.25) is 0 Å². The van der Waals surface area contributed by atoms with Crippen molar-refractivity contribution in [2.45, 2.75) is 45.6 Å². The van der Waals surface area contributed by atoms with Crippen molar-refractivity contribution >= 4 is 5.71 Å². The zero-order chi connectivity index (χ0) is 20.4. The van der Waals surface area contributed by atoms with Gasteiger partial charge >= 0.3 is 0 Å². The first-order valence-corrected chi connectivity index (χ1v) is 10.3. The SMILES string of the molecule is CC(=N[C@H](C)c1ccccc1)c1c2ccc(c1O)CCc1ccc(cc1O)CC2. The van der Waals surface area contributed by atoms with Gasteiger partial charge in [0.05, 0.1) is 6.04 Å². The molecule has 0 unspecified atom stereocenters. The Morgan fingerprint density at radius 3 is 2.24 bits per heavy atom. The van der Waals surface area contributed by atoms with Gasteiger partial charge in [-0.1, -0.05) is 54.6 Å². The van der Waals surface area contributed by atoms with Crippen LogP contribution in [0.1, 0.15) is 53.3 Å². The largest absolute Gasteiger partial charge is 0.508 e. The van der Waals surface area contributed by atoms with Gasteiger partial charge in [-0.05, 0) is 73.4 Å². The highest BCUT2D eigenvalue weighted by molar-refractivity contribution is 6.03. The summed E-state index contributed by atoms with van der Waals surface area (Å²) in [6.07, 6.45) is 2.96. The van der Waals surface area contributed by atoms with E-state index in [4.69, 9.17) is 4.99 Å². The quantitative estimate of drug-likeness (QED) is 0.581. The monoisotopic (exact) mass is 385 g/mol. The van der Waals surface area contributed by atoms with Crippen LogP contribution in [0.15, 0.2) is 65.7 Å². The first kappa shape index (κ1) is 19.3. The van der Waals surface area contributed by atoms with E-state index in [2.05, 4.69) is 31.2 Å². The molecular weight excluding hydrogens is 358 g/mol. The summed E-state index contributed by atoms with van der Waals surface area (Å²) in [6, 6.07) is 20.4. The first-order chi connectivity index (χ1) is 14.0. The Kier molecular flexibility index (Phi) is 5.39. The van der Waals surface area contributed by atoms with Gasteiger partial charge < -0.3 is 10.2 Å². The number of nitrogens with zero attached hydrogens (tertiary/aromatic N) is 1. The zero-order valence-electron chi connectivity index (χ0n) is 17.0. The maximum absolute atomic E-state index is 11.1. The molecule has 29 heavy (non-hydrogen) atoms. The lowest BCUT2D eigenvalue weighted by Gasteiger charge is -2.18. The maximum Gasteiger partial charge on any atom is 0.128 e. The molecule has 0 saturated carbocycles. The van der Waals surface area contributed by atoms with E-state index in [1.54, 1.807) is 0 Å². The van der Waals surface area contributed by atoms with Crippen molar-refractivity contribution in [3.8, 4) is 11.5 Å². The summed E-state index contributed by atoms with van der Waals surface area (Å²) >= 11 is 0. The third-order valence-electron chi connectivity index (χ3n) is 5.88. The van der Waals surface area contributed by atoms with E-state index >= 15 is 0 Å². The zero-order valence-corrected chi connectivity index (χ0v) is 17.0. The standard InChI is InChI=1S/C26H27NO2/c1-17(20-6-4-3-5-7-20)27-18(2)25-22-11-9-19-8-10-21(24(28)16-19)12-14-23(15-13-22)26(25)29/h3-8,10,13,15-17,28-29H,9,11-12,14H2,1-2H3/t17-/m1/s1. The molecule has 7 rings (SSSR count). The molecule has 148 valence electrons. The fourth-order valence-electron chi connectivity index (χ4n) is 4.18. The Labute approximate surface area is 172 Å². The number of phenolic OH excluding ortho intramolecular Hbond substituents is 2. The van der Waals surface area contributed by atoms with E-state index in [0.717, 1.165) is 51.9 Å². The topological polar surface area (TPSA) is 52.8 Å². The molecule has 0 aliphatic heterocycles. The molecule has 0 heterocycles. The van der Waals surface area contributed by atoms with Crippen molar-refractivity contribution in [2.24, 2.45) is 4.99 Å². The van der Waals surface area contributed by atoms with Crippen molar-refractivity contribution in [2.75, 3.05) is 0 Å². The third-order valence-corrected chi connectivity index (χ3v) is 5.88. The van der Waals surface area contributed by atoms with Crippen molar-refractivity contribution in [1.82, 2.24) is 0 Å². The lowest BCUT2D eigenvalue weighted by molar-refractivity contribution is 0.460. The van der Waals surface area contributed by atoms with E-state index in [-0.39, 0.29) is 6.04 Å². The van der Waals surface area contributed by atoms with Crippen molar-refractivity contribution < 1.29 is 10.2 Å². The number of aliphatic imine (C=N–C) groups is 1. The Bertz CT molecular complexity index is 1050. The van der Waals surface area contributed by atoms with Crippen LogP contribution in [0.5, 0.6) is 11.5 Å². The molecule has 4 bridgehead atoms. The molecule has 0 saturated heterocycles. The third kappa shape index (κ3) is 4.04. The van der Waals surface area contributed by atoms with Gasteiger partial charge in [-0.3, -0.25) is 4.99 Å².